The summed E-state index contributed by atoms with van der Waals surface area (Å²) in [5, 5.41) is 10.9. The van der Waals surface area contributed by atoms with Crippen molar-refractivity contribution >= 4 is 23.7 Å². The molecule has 1 rings (SSSR count). The summed E-state index contributed by atoms with van der Waals surface area (Å²) in [6.07, 6.45) is -0.317. The maximum absolute atomic E-state index is 13.2. The topological polar surface area (TPSA) is 81.8 Å². The summed E-state index contributed by atoms with van der Waals surface area (Å²) in [6.45, 7) is 2.80. The molecule has 0 unspecified atom stereocenters. The van der Waals surface area contributed by atoms with Crippen LogP contribution in [0.25, 0.3) is 0 Å². The number of benzene rings is 1. The minimum Gasteiger partial charge on any atom is -0.465 e. The third-order valence-electron chi connectivity index (χ3n) is 2.86. The second-order valence-corrected chi connectivity index (χ2v) is 6.26. The molecule has 1 aromatic rings. The Morgan fingerprint density at radius 3 is 2.68 bits per heavy atom. The summed E-state index contributed by atoms with van der Waals surface area (Å²) >= 11 is 1.50. The molecule has 0 aromatic heterocycles. The highest BCUT2D eigenvalue weighted by molar-refractivity contribution is 7.97. The number of likely N-dealkylation sites (N-methyl/N-ethyl adjacent to an activating group) is 1. The highest BCUT2D eigenvalue weighted by Gasteiger charge is 2.09. The first-order valence-corrected chi connectivity index (χ1v) is 7.75. The van der Waals surface area contributed by atoms with Gasteiger partial charge in [-0.2, -0.15) is 0 Å². The fraction of sp³-hybridized carbons (Fsp3) is 0.500. The monoisotopic (exact) mass is 330 g/mol. The van der Waals surface area contributed by atoms with Crippen molar-refractivity contribution in [3.8, 4) is 0 Å². The Morgan fingerprint density at radius 1 is 1.36 bits per heavy atom. The van der Waals surface area contributed by atoms with Gasteiger partial charge in [-0.25, -0.2) is 13.5 Å². The minimum absolute atomic E-state index is 0.130. The number of rotatable bonds is 9. The van der Waals surface area contributed by atoms with E-state index in [0.29, 0.717) is 13.0 Å². The highest BCUT2D eigenvalue weighted by atomic mass is 32.2. The smallest absolute Gasteiger partial charge is 0.404 e. The van der Waals surface area contributed by atoms with Gasteiger partial charge in [0.2, 0.25) is 0 Å². The zero-order chi connectivity index (χ0) is 16.5. The molecule has 0 aliphatic carbocycles. The second kappa shape index (κ2) is 9.50. The van der Waals surface area contributed by atoms with Gasteiger partial charge in [0.05, 0.1) is 5.69 Å². The summed E-state index contributed by atoms with van der Waals surface area (Å²) in [5.41, 5.74) is 5.71. The number of nitrogens with zero attached hydrogens (tertiary/aromatic N) is 2. The predicted octanol–water partition coefficient (Wildman–Crippen LogP) is 1.94. The zero-order valence-electron chi connectivity index (χ0n) is 12.9. The third kappa shape index (κ3) is 7.48. The summed E-state index contributed by atoms with van der Waals surface area (Å²) in [5.74, 6) is -0.421. The molecule has 0 saturated carbocycles. The molecule has 0 aliphatic rings. The Balaban J connectivity index is 2.55. The minimum atomic E-state index is -1.01. The molecule has 124 valence electrons. The molecule has 0 bridgehead atoms. The van der Waals surface area contributed by atoms with E-state index in [1.165, 1.54) is 18.0 Å². The third-order valence-corrected chi connectivity index (χ3v) is 3.95. The Morgan fingerprint density at radius 2 is 2.09 bits per heavy atom. The molecular weight excluding hydrogens is 307 g/mol. The molecular formula is C14H23FN4O2S. The molecule has 6 nitrogen and oxygen atoms in total. The Kier molecular flexibility index (Phi) is 8.00. The lowest BCUT2D eigenvalue weighted by molar-refractivity contribution is 0.194. The van der Waals surface area contributed by atoms with Crippen molar-refractivity contribution in [1.82, 2.24) is 14.5 Å². The predicted molar refractivity (Wildman–Crippen MR) is 87.4 cm³/mol. The molecule has 1 aromatic carbocycles. The van der Waals surface area contributed by atoms with Crippen LogP contribution in [-0.2, 0) is 0 Å². The van der Waals surface area contributed by atoms with Crippen molar-refractivity contribution < 1.29 is 14.3 Å². The van der Waals surface area contributed by atoms with Crippen LogP contribution >= 0.6 is 11.9 Å². The van der Waals surface area contributed by atoms with Crippen molar-refractivity contribution in [1.29, 1.82) is 0 Å². The molecule has 0 heterocycles. The summed E-state index contributed by atoms with van der Waals surface area (Å²) in [4.78, 5) is 13.4. The SMILES string of the molecule is CN(C)CCN(CCCNC(=O)O)Sc1ccc(F)c(N)c1. The van der Waals surface area contributed by atoms with E-state index >= 15 is 0 Å². The summed E-state index contributed by atoms with van der Waals surface area (Å²) in [6, 6.07) is 4.65. The van der Waals surface area contributed by atoms with Crippen LogP contribution in [0.4, 0.5) is 14.9 Å². The van der Waals surface area contributed by atoms with Gasteiger partial charge in [0.1, 0.15) is 5.82 Å². The quantitative estimate of drug-likeness (QED) is 0.365. The van der Waals surface area contributed by atoms with E-state index in [-0.39, 0.29) is 5.69 Å². The normalized spacial score (nSPS) is 11.1. The van der Waals surface area contributed by atoms with Gasteiger partial charge < -0.3 is 21.1 Å². The first-order chi connectivity index (χ1) is 10.4. The van der Waals surface area contributed by atoms with Crippen LogP contribution in [0.1, 0.15) is 6.42 Å². The number of halogens is 1. The van der Waals surface area contributed by atoms with Gasteiger partial charge in [-0.05, 0) is 50.7 Å². The molecule has 0 fully saturated rings. The molecule has 1 amide bonds. The van der Waals surface area contributed by atoms with Gasteiger partial charge in [-0.15, -0.1) is 0 Å². The summed E-state index contributed by atoms with van der Waals surface area (Å²) in [7, 11) is 3.98. The molecule has 0 aliphatic heterocycles. The van der Waals surface area contributed by atoms with Crippen molar-refractivity contribution in [3.63, 3.8) is 0 Å². The van der Waals surface area contributed by atoms with E-state index in [9.17, 15) is 9.18 Å². The number of hydrogen-bond donors (Lipinski definition) is 3. The van der Waals surface area contributed by atoms with Crippen LogP contribution in [0.3, 0.4) is 0 Å². The molecule has 22 heavy (non-hydrogen) atoms. The number of carboxylic acid groups (broad SMARTS) is 1. The van der Waals surface area contributed by atoms with Gasteiger partial charge in [0.15, 0.2) is 0 Å². The van der Waals surface area contributed by atoms with E-state index in [0.717, 1.165) is 24.5 Å². The fourth-order valence-corrected chi connectivity index (χ4v) is 2.69. The number of nitrogens with one attached hydrogen (secondary N) is 1. The lowest BCUT2D eigenvalue weighted by Gasteiger charge is -2.23. The van der Waals surface area contributed by atoms with Crippen molar-refractivity contribution in [3.05, 3.63) is 24.0 Å². The van der Waals surface area contributed by atoms with Crippen LogP contribution in [0.15, 0.2) is 23.1 Å². The van der Waals surface area contributed by atoms with Crippen molar-refractivity contribution in [2.24, 2.45) is 0 Å². The largest absolute Gasteiger partial charge is 0.465 e. The lowest BCUT2D eigenvalue weighted by atomic mass is 10.3. The standard InChI is InChI=1S/C14H23FN4O2S/c1-18(2)8-9-19(7-3-6-17-14(20)21)22-11-4-5-12(15)13(16)10-11/h4-5,10,17H,3,6-9,16H2,1-2H3,(H,20,21). The van der Waals surface area contributed by atoms with Crippen LogP contribution in [0.5, 0.6) is 0 Å². The number of anilines is 1. The van der Waals surface area contributed by atoms with E-state index in [1.54, 1.807) is 12.1 Å². The average Bonchev–Trinajstić information content (AvgIpc) is 2.44. The second-order valence-electron chi connectivity index (χ2n) is 5.09. The highest BCUT2D eigenvalue weighted by Crippen LogP contribution is 2.25. The molecule has 0 spiro atoms. The number of nitrogen functional groups attached to an aromatic ring is 1. The van der Waals surface area contributed by atoms with E-state index in [4.69, 9.17) is 10.8 Å². The Labute approximate surface area is 134 Å². The van der Waals surface area contributed by atoms with Gasteiger partial charge in [-0.1, -0.05) is 0 Å². The number of amides is 1. The van der Waals surface area contributed by atoms with Gasteiger partial charge in [0, 0.05) is 31.1 Å². The molecule has 0 atom stereocenters. The van der Waals surface area contributed by atoms with Crippen LogP contribution in [-0.4, -0.2) is 60.7 Å². The Bertz CT molecular complexity index is 488. The van der Waals surface area contributed by atoms with Crippen LogP contribution in [0.2, 0.25) is 0 Å². The first-order valence-electron chi connectivity index (χ1n) is 6.98. The van der Waals surface area contributed by atoms with E-state index in [2.05, 4.69) is 14.5 Å². The first kappa shape index (κ1) is 18.5. The average molecular weight is 330 g/mol. The van der Waals surface area contributed by atoms with E-state index in [1.807, 2.05) is 14.1 Å². The van der Waals surface area contributed by atoms with Crippen molar-refractivity contribution in [2.75, 3.05) is 46.0 Å². The van der Waals surface area contributed by atoms with Crippen molar-refractivity contribution in [2.45, 2.75) is 11.3 Å². The van der Waals surface area contributed by atoms with Crippen LogP contribution in [0, 0.1) is 5.82 Å². The van der Waals surface area contributed by atoms with E-state index < -0.39 is 11.9 Å². The number of hydrogen-bond acceptors (Lipinski definition) is 5. The molecule has 0 saturated heterocycles. The molecule has 4 N–H and O–H groups in total. The number of nitrogens with two attached hydrogens (primary N) is 1. The molecule has 8 heteroatoms. The number of carbonyl (C=O) groups is 1. The fourth-order valence-electron chi connectivity index (χ4n) is 1.69. The van der Waals surface area contributed by atoms with Gasteiger partial charge >= 0.3 is 6.09 Å². The lowest BCUT2D eigenvalue weighted by Crippen LogP contribution is -2.30. The summed E-state index contributed by atoms with van der Waals surface area (Å²) < 4.78 is 15.3. The zero-order valence-corrected chi connectivity index (χ0v) is 13.7. The maximum atomic E-state index is 13.2. The van der Waals surface area contributed by atoms with Crippen LogP contribution < -0.4 is 11.1 Å². The molecule has 0 radical (unpaired) electrons. The van der Waals surface area contributed by atoms with Gasteiger partial charge in [-0.3, -0.25) is 0 Å². The maximum Gasteiger partial charge on any atom is 0.404 e. The Hall–Kier alpha value is -1.51. The van der Waals surface area contributed by atoms with Gasteiger partial charge in [0.25, 0.3) is 0 Å².